The molecule has 3 N–H and O–H groups in total. The Hall–Kier alpha value is -1.67. The molecule has 0 aliphatic carbocycles. The first-order chi connectivity index (χ1) is 9.69. The third-order valence-corrected chi connectivity index (χ3v) is 4.89. The van der Waals surface area contributed by atoms with Gasteiger partial charge in [-0.1, -0.05) is 19.8 Å². The van der Waals surface area contributed by atoms with Crippen LogP contribution in [0.3, 0.4) is 0 Å². The number of nitrogens with one attached hydrogen (secondary N) is 1. The van der Waals surface area contributed by atoms with Crippen molar-refractivity contribution in [2.45, 2.75) is 51.0 Å². The van der Waals surface area contributed by atoms with E-state index in [2.05, 4.69) is 4.72 Å². The van der Waals surface area contributed by atoms with Gasteiger partial charge >= 0.3 is 0 Å². The number of nitro benzene ring substituents is 1. The van der Waals surface area contributed by atoms with Gasteiger partial charge in [-0.3, -0.25) is 10.1 Å². The minimum atomic E-state index is -3.80. The molecule has 0 saturated carbocycles. The van der Waals surface area contributed by atoms with E-state index in [1.165, 1.54) is 6.07 Å². The predicted molar refractivity (Wildman–Crippen MR) is 81.6 cm³/mol. The Labute approximate surface area is 124 Å². The molecule has 0 radical (unpaired) electrons. The normalized spacial score (nSPS) is 13.1. The highest BCUT2D eigenvalue weighted by atomic mass is 32.2. The van der Waals surface area contributed by atoms with E-state index in [1.54, 1.807) is 13.8 Å². The molecule has 0 heterocycles. The third kappa shape index (κ3) is 4.40. The van der Waals surface area contributed by atoms with E-state index in [9.17, 15) is 18.5 Å². The molecule has 0 saturated heterocycles. The molecule has 1 unspecified atom stereocenters. The Bertz CT molecular complexity index is 629. The number of unbranched alkanes of at least 4 members (excludes halogenated alkanes) is 1. The van der Waals surface area contributed by atoms with Crippen molar-refractivity contribution < 1.29 is 13.3 Å². The summed E-state index contributed by atoms with van der Waals surface area (Å²) in [7, 11) is -3.80. The second-order valence-electron chi connectivity index (χ2n) is 5.10. The van der Waals surface area contributed by atoms with Crippen LogP contribution in [0.4, 0.5) is 11.4 Å². The van der Waals surface area contributed by atoms with Gasteiger partial charge in [-0.2, -0.15) is 0 Å². The zero-order chi connectivity index (χ0) is 16.2. The molecule has 1 aromatic carbocycles. The molecule has 0 amide bonds. The molecule has 21 heavy (non-hydrogen) atoms. The molecule has 7 nitrogen and oxygen atoms in total. The predicted octanol–water partition coefficient (Wildman–Crippen LogP) is 2.34. The maximum Gasteiger partial charge on any atom is 0.293 e. The van der Waals surface area contributed by atoms with Gasteiger partial charge in [0, 0.05) is 12.1 Å². The monoisotopic (exact) mass is 315 g/mol. The zero-order valence-electron chi connectivity index (χ0n) is 12.4. The first kappa shape index (κ1) is 17.4. The minimum Gasteiger partial charge on any atom is -0.393 e. The number of nitrogens with two attached hydrogens (primary N) is 1. The number of aryl methyl sites for hydroxylation is 1. The third-order valence-electron chi connectivity index (χ3n) is 3.16. The van der Waals surface area contributed by atoms with Crippen molar-refractivity contribution in [1.29, 1.82) is 0 Å². The molecule has 118 valence electrons. The molecule has 0 spiro atoms. The summed E-state index contributed by atoms with van der Waals surface area (Å²) in [5.41, 5.74) is 5.48. The van der Waals surface area contributed by atoms with Crippen LogP contribution in [-0.2, 0) is 10.0 Å². The smallest absolute Gasteiger partial charge is 0.293 e. The van der Waals surface area contributed by atoms with Crippen LogP contribution in [0.2, 0.25) is 0 Å². The highest BCUT2D eigenvalue weighted by Crippen LogP contribution is 2.28. The summed E-state index contributed by atoms with van der Waals surface area (Å²) < 4.78 is 27.2. The largest absolute Gasteiger partial charge is 0.393 e. The maximum absolute atomic E-state index is 12.3. The lowest BCUT2D eigenvalue weighted by Crippen LogP contribution is -2.33. The van der Waals surface area contributed by atoms with Gasteiger partial charge in [0.15, 0.2) is 0 Å². The summed E-state index contributed by atoms with van der Waals surface area (Å²) in [6, 6.07) is 2.09. The number of hydrogen-bond acceptors (Lipinski definition) is 5. The maximum atomic E-state index is 12.3. The molecule has 1 atom stereocenters. The van der Waals surface area contributed by atoms with E-state index in [-0.39, 0.29) is 16.6 Å². The van der Waals surface area contributed by atoms with Crippen molar-refractivity contribution in [2.24, 2.45) is 0 Å². The van der Waals surface area contributed by atoms with E-state index in [1.807, 2.05) is 6.92 Å². The van der Waals surface area contributed by atoms with Crippen molar-refractivity contribution in [1.82, 2.24) is 4.72 Å². The first-order valence-electron chi connectivity index (χ1n) is 6.76. The molecule has 0 aliphatic rings. The average molecular weight is 315 g/mol. The van der Waals surface area contributed by atoms with Crippen LogP contribution in [0.5, 0.6) is 0 Å². The Balaban J connectivity index is 3.13. The number of rotatable bonds is 7. The van der Waals surface area contributed by atoms with Crippen LogP contribution in [0.1, 0.15) is 38.7 Å². The van der Waals surface area contributed by atoms with Crippen LogP contribution in [0.15, 0.2) is 17.0 Å². The SMILES string of the molecule is CCCCC(C)NS(=O)(=O)c1cc([N+](=O)[O-])c(N)cc1C. The van der Waals surface area contributed by atoms with Gasteiger partial charge in [0.1, 0.15) is 5.69 Å². The fraction of sp³-hybridized carbons (Fsp3) is 0.538. The van der Waals surface area contributed by atoms with Gasteiger partial charge < -0.3 is 5.73 Å². The summed E-state index contributed by atoms with van der Waals surface area (Å²) in [5, 5.41) is 10.9. The van der Waals surface area contributed by atoms with Crippen LogP contribution in [0, 0.1) is 17.0 Å². The van der Waals surface area contributed by atoms with E-state index in [0.29, 0.717) is 12.0 Å². The lowest BCUT2D eigenvalue weighted by atomic mass is 10.2. The number of nitrogens with zero attached hydrogens (tertiary/aromatic N) is 1. The van der Waals surface area contributed by atoms with Gasteiger partial charge in [-0.05, 0) is 31.9 Å². The Morgan fingerprint density at radius 3 is 2.57 bits per heavy atom. The fourth-order valence-electron chi connectivity index (χ4n) is 2.04. The molecule has 0 aromatic heterocycles. The van der Waals surface area contributed by atoms with Gasteiger partial charge in [-0.25, -0.2) is 13.1 Å². The Morgan fingerprint density at radius 2 is 2.05 bits per heavy atom. The van der Waals surface area contributed by atoms with E-state index < -0.39 is 20.6 Å². The number of nitrogen functional groups attached to an aromatic ring is 1. The standard InChI is InChI=1S/C13H21N3O4S/c1-4-5-6-10(3)15-21(19,20)13-8-12(16(17)18)11(14)7-9(13)2/h7-8,10,15H,4-6,14H2,1-3H3. The molecule has 0 bridgehead atoms. The van der Waals surface area contributed by atoms with Crippen LogP contribution < -0.4 is 10.5 Å². The topological polar surface area (TPSA) is 115 Å². The Morgan fingerprint density at radius 1 is 1.43 bits per heavy atom. The Kier molecular flexibility index (Phi) is 5.68. The second-order valence-corrected chi connectivity index (χ2v) is 6.78. The van der Waals surface area contributed by atoms with Crippen molar-refractivity contribution >= 4 is 21.4 Å². The average Bonchev–Trinajstić information content (AvgIpc) is 2.34. The summed E-state index contributed by atoms with van der Waals surface area (Å²) in [4.78, 5) is 10.1. The van der Waals surface area contributed by atoms with Gasteiger partial charge in [0.2, 0.25) is 10.0 Å². The lowest BCUT2D eigenvalue weighted by molar-refractivity contribution is -0.384. The molecule has 1 aromatic rings. The summed E-state index contributed by atoms with van der Waals surface area (Å²) in [5.74, 6) is 0. The fourth-order valence-corrected chi connectivity index (χ4v) is 3.57. The highest BCUT2D eigenvalue weighted by Gasteiger charge is 2.24. The molecule has 0 aliphatic heterocycles. The summed E-state index contributed by atoms with van der Waals surface area (Å²) in [6.07, 6.45) is 2.59. The van der Waals surface area contributed by atoms with Crippen molar-refractivity contribution in [3.8, 4) is 0 Å². The van der Waals surface area contributed by atoms with Gasteiger partial charge in [0.25, 0.3) is 5.69 Å². The number of hydrogen-bond donors (Lipinski definition) is 2. The number of nitro groups is 1. The van der Waals surface area contributed by atoms with Crippen LogP contribution in [-0.4, -0.2) is 19.4 Å². The van der Waals surface area contributed by atoms with Crippen LogP contribution in [0.25, 0.3) is 0 Å². The lowest BCUT2D eigenvalue weighted by Gasteiger charge is -2.15. The van der Waals surface area contributed by atoms with Crippen molar-refractivity contribution in [3.05, 3.63) is 27.8 Å². The van der Waals surface area contributed by atoms with Crippen molar-refractivity contribution in [2.75, 3.05) is 5.73 Å². The summed E-state index contributed by atoms with van der Waals surface area (Å²) >= 11 is 0. The van der Waals surface area contributed by atoms with E-state index in [4.69, 9.17) is 5.73 Å². The molecule has 8 heteroatoms. The summed E-state index contributed by atoms with van der Waals surface area (Å²) in [6.45, 7) is 5.36. The second kappa shape index (κ2) is 6.86. The van der Waals surface area contributed by atoms with Gasteiger partial charge in [0.05, 0.1) is 9.82 Å². The van der Waals surface area contributed by atoms with Crippen LogP contribution >= 0.6 is 0 Å². The first-order valence-corrected chi connectivity index (χ1v) is 8.24. The van der Waals surface area contributed by atoms with E-state index in [0.717, 1.165) is 18.9 Å². The minimum absolute atomic E-state index is 0.0459. The highest BCUT2D eigenvalue weighted by molar-refractivity contribution is 7.89. The molecular formula is C13H21N3O4S. The molecule has 1 rings (SSSR count). The number of sulfonamides is 1. The molecule has 0 fully saturated rings. The quantitative estimate of drug-likeness (QED) is 0.455. The molecular weight excluding hydrogens is 294 g/mol. The van der Waals surface area contributed by atoms with E-state index >= 15 is 0 Å². The number of benzene rings is 1. The van der Waals surface area contributed by atoms with Gasteiger partial charge in [-0.15, -0.1) is 0 Å². The number of anilines is 1. The zero-order valence-corrected chi connectivity index (χ0v) is 13.2. The van der Waals surface area contributed by atoms with Crippen molar-refractivity contribution in [3.63, 3.8) is 0 Å².